The summed E-state index contributed by atoms with van der Waals surface area (Å²) in [5, 5.41) is 2.00. The van der Waals surface area contributed by atoms with Gasteiger partial charge in [0.1, 0.15) is 5.82 Å². The smallest absolute Gasteiger partial charge is 0.340 e. The number of hydrogen-bond donors (Lipinski definition) is 2. The largest absolute Gasteiger partial charge is 0.462 e. The molecular weight excluding hydrogens is 282 g/mol. The van der Waals surface area contributed by atoms with Crippen LogP contribution in [0, 0.1) is 0 Å². The van der Waals surface area contributed by atoms with E-state index in [1.54, 1.807) is 6.92 Å². The van der Waals surface area contributed by atoms with E-state index in [0.717, 1.165) is 6.20 Å². The molecule has 20 heavy (non-hydrogen) atoms. The lowest BCUT2D eigenvalue weighted by molar-refractivity contribution is -0.117. The van der Waals surface area contributed by atoms with Gasteiger partial charge in [0.2, 0.25) is 0 Å². The number of esters is 1. The van der Waals surface area contributed by atoms with Gasteiger partial charge in [-0.3, -0.25) is 0 Å². The van der Waals surface area contributed by atoms with Crippen molar-refractivity contribution in [3.63, 3.8) is 0 Å². The molecule has 0 amide bonds. The number of nitrogen functional groups attached to an aromatic ring is 1. The zero-order valence-corrected chi connectivity index (χ0v) is 10.5. The van der Waals surface area contributed by atoms with E-state index in [9.17, 15) is 22.4 Å². The first-order chi connectivity index (χ1) is 9.29. The minimum Gasteiger partial charge on any atom is -0.462 e. The van der Waals surface area contributed by atoms with Crippen LogP contribution in [0.2, 0.25) is 0 Å². The van der Waals surface area contributed by atoms with Crippen molar-refractivity contribution in [1.29, 1.82) is 0 Å². The molecule has 0 aliphatic rings. The molecule has 0 spiro atoms. The van der Waals surface area contributed by atoms with Crippen molar-refractivity contribution in [2.45, 2.75) is 19.3 Å². The van der Waals surface area contributed by atoms with E-state index < -0.39 is 24.9 Å². The van der Waals surface area contributed by atoms with Gasteiger partial charge in [-0.25, -0.2) is 18.6 Å². The van der Waals surface area contributed by atoms with Crippen molar-refractivity contribution in [2.24, 2.45) is 0 Å². The van der Waals surface area contributed by atoms with Crippen molar-refractivity contribution >= 4 is 17.5 Å². The summed E-state index contributed by atoms with van der Waals surface area (Å²) in [7, 11) is 0. The fraction of sp³-hybridized carbons (Fsp3) is 0.455. The third-order valence-corrected chi connectivity index (χ3v) is 2.30. The van der Waals surface area contributed by atoms with Gasteiger partial charge in [0, 0.05) is 6.20 Å². The maximum atomic E-state index is 12.8. The molecule has 0 aliphatic heterocycles. The molecule has 3 N–H and O–H groups in total. The Labute approximate surface area is 112 Å². The van der Waals surface area contributed by atoms with Gasteiger partial charge in [0.05, 0.1) is 24.4 Å². The maximum Gasteiger partial charge on any atom is 0.340 e. The predicted molar refractivity (Wildman–Crippen MR) is 64.0 cm³/mol. The molecule has 112 valence electrons. The second kappa shape index (κ2) is 6.40. The highest BCUT2D eigenvalue weighted by Gasteiger charge is 2.40. The number of nitrogens with zero attached hydrogens (tertiary/aromatic N) is 1. The van der Waals surface area contributed by atoms with Crippen LogP contribution in [0.25, 0.3) is 0 Å². The van der Waals surface area contributed by atoms with Crippen LogP contribution in [0.5, 0.6) is 0 Å². The van der Waals surface area contributed by atoms with E-state index in [1.165, 1.54) is 6.07 Å². The first-order valence-corrected chi connectivity index (χ1v) is 5.61. The van der Waals surface area contributed by atoms with Gasteiger partial charge in [0.25, 0.3) is 0 Å². The van der Waals surface area contributed by atoms with Crippen molar-refractivity contribution in [3.8, 4) is 0 Å². The lowest BCUT2D eigenvalue weighted by Gasteiger charge is -2.17. The fourth-order valence-electron chi connectivity index (χ4n) is 1.28. The summed E-state index contributed by atoms with van der Waals surface area (Å²) in [6, 6.07) is 1.24. The highest BCUT2D eigenvalue weighted by molar-refractivity contribution is 5.97. The number of pyridine rings is 1. The molecule has 0 saturated carbocycles. The van der Waals surface area contributed by atoms with Crippen LogP contribution in [0.3, 0.4) is 0 Å². The summed E-state index contributed by atoms with van der Waals surface area (Å²) in [4.78, 5) is 15.1. The van der Waals surface area contributed by atoms with Gasteiger partial charge >= 0.3 is 18.3 Å². The first kappa shape index (κ1) is 16.0. The molecule has 0 atom stereocenters. The Balaban J connectivity index is 2.87. The maximum absolute atomic E-state index is 12.8. The molecule has 1 aromatic rings. The monoisotopic (exact) mass is 295 g/mol. The van der Waals surface area contributed by atoms with Crippen LogP contribution < -0.4 is 11.1 Å². The Morgan fingerprint density at radius 1 is 1.55 bits per heavy atom. The number of hydrogen-bond acceptors (Lipinski definition) is 5. The fourth-order valence-corrected chi connectivity index (χ4v) is 1.28. The zero-order chi connectivity index (χ0) is 15.3. The molecule has 0 bridgehead atoms. The summed E-state index contributed by atoms with van der Waals surface area (Å²) in [5.41, 5.74) is 5.24. The van der Waals surface area contributed by atoms with Crippen LogP contribution in [0.1, 0.15) is 17.3 Å². The minimum atomic E-state index is -4.23. The van der Waals surface area contributed by atoms with Crippen molar-refractivity contribution < 1.29 is 27.1 Å². The molecule has 0 fully saturated rings. The third kappa shape index (κ3) is 3.72. The number of nitrogens with one attached hydrogen (secondary N) is 1. The van der Waals surface area contributed by atoms with Crippen LogP contribution in [0.15, 0.2) is 12.3 Å². The lowest BCUT2D eigenvalue weighted by atomic mass is 10.2. The Hall–Kier alpha value is -2.06. The van der Waals surface area contributed by atoms with Crippen molar-refractivity contribution in [3.05, 3.63) is 17.8 Å². The van der Waals surface area contributed by atoms with Gasteiger partial charge in [-0.2, -0.15) is 8.78 Å². The number of carbonyl (C=O) groups is 1. The Morgan fingerprint density at radius 2 is 2.20 bits per heavy atom. The zero-order valence-electron chi connectivity index (χ0n) is 10.5. The highest BCUT2D eigenvalue weighted by Crippen LogP contribution is 2.26. The number of alkyl halides is 4. The summed E-state index contributed by atoms with van der Waals surface area (Å²) < 4.78 is 54.3. The van der Waals surface area contributed by atoms with Crippen LogP contribution in [-0.2, 0) is 4.74 Å². The van der Waals surface area contributed by atoms with E-state index in [2.05, 4.69) is 4.98 Å². The molecule has 1 aromatic heterocycles. The van der Waals surface area contributed by atoms with Crippen LogP contribution in [0.4, 0.5) is 29.1 Å². The molecule has 0 unspecified atom stereocenters. The number of aromatic nitrogens is 1. The second-order valence-corrected chi connectivity index (χ2v) is 3.76. The normalized spacial score (nSPS) is 11.5. The molecule has 0 radical (unpaired) electrons. The van der Waals surface area contributed by atoms with E-state index in [4.69, 9.17) is 10.5 Å². The van der Waals surface area contributed by atoms with E-state index in [1.807, 2.05) is 5.32 Å². The molecule has 9 heteroatoms. The Bertz CT molecular complexity index is 483. The van der Waals surface area contributed by atoms with Crippen LogP contribution in [-0.4, -0.2) is 36.5 Å². The van der Waals surface area contributed by atoms with Gasteiger partial charge in [-0.15, -0.1) is 0 Å². The Kier molecular flexibility index (Phi) is 5.12. The summed E-state index contributed by atoms with van der Waals surface area (Å²) in [6.07, 6.45) is -2.68. The molecule has 1 rings (SSSR count). The Morgan fingerprint density at radius 3 is 2.75 bits per heavy atom. The van der Waals surface area contributed by atoms with Crippen molar-refractivity contribution in [2.75, 3.05) is 24.2 Å². The number of carbonyl (C=O) groups excluding carboxylic acids is 1. The summed E-state index contributed by atoms with van der Waals surface area (Å²) >= 11 is 0. The van der Waals surface area contributed by atoms with Gasteiger partial charge in [-0.1, -0.05) is 0 Å². The number of nitrogens with two attached hydrogens (primary N) is 1. The molecule has 0 aromatic carbocycles. The molecular formula is C11H13F4N3O2. The van der Waals surface area contributed by atoms with E-state index in [-0.39, 0.29) is 23.7 Å². The average molecular weight is 295 g/mol. The topological polar surface area (TPSA) is 77.2 Å². The lowest BCUT2D eigenvalue weighted by Crippen LogP contribution is -2.35. The quantitative estimate of drug-likeness (QED) is 0.621. The molecule has 0 saturated heterocycles. The molecule has 5 nitrogen and oxygen atoms in total. The molecule has 1 heterocycles. The van der Waals surface area contributed by atoms with Crippen LogP contribution >= 0.6 is 0 Å². The highest BCUT2D eigenvalue weighted by atomic mass is 19.3. The summed E-state index contributed by atoms with van der Waals surface area (Å²) in [6.45, 7) is 0.332. The second-order valence-electron chi connectivity index (χ2n) is 3.76. The van der Waals surface area contributed by atoms with Crippen molar-refractivity contribution in [1.82, 2.24) is 4.98 Å². The number of halogens is 4. The number of rotatable bonds is 6. The van der Waals surface area contributed by atoms with Gasteiger partial charge in [-0.05, 0) is 13.0 Å². The first-order valence-electron chi connectivity index (χ1n) is 5.61. The minimum absolute atomic E-state index is 0.0790. The van der Waals surface area contributed by atoms with E-state index in [0.29, 0.717) is 0 Å². The van der Waals surface area contributed by atoms with Gasteiger partial charge in [0.15, 0.2) is 0 Å². The average Bonchev–Trinajstić information content (AvgIpc) is 2.37. The SMILES string of the molecule is CCOC(=O)c1ccnc(NCC(F)(F)C(F)F)c1N. The predicted octanol–water partition coefficient (Wildman–Crippen LogP) is 2.15. The number of ether oxygens (including phenoxy) is 1. The third-order valence-electron chi connectivity index (χ3n) is 2.30. The standard InChI is InChI=1S/C11H13F4N3O2/c1-2-20-9(19)6-3-4-17-8(7(6)16)18-5-11(14,15)10(12)13/h3-4,10H,2,5,16H2,1H3,(H,17,18). The van der Waals surface area contributed by atoms with E-state index >= 15 is 0 Å². The molecule has 0 aliphatic carbocycles. The number of anilines is 2. The van der Waals surface area contributed by atoms with Gasteiger partial charge < -0.3 is 15.8 Å². The summed E-state index contributed by atoms with van der Waals surface area (Å²) in [5.74, 6) is -5.26.